The highest BCUT2D eigenvalue weighted by atomic mass is 14.8. The summed E-state index contributed by atoms with van der Waals surface area (Å²) in [6, 6.07) is 1.99. The molecule has 3 nitrogen and oxygen atoms in total. The maximum absolute atomic E-state index is 4.56. The molecule has 0 fully saturated rings. The first-order valence-corrected chi connectivity index (χ1v) is 6.31. The van der Waals surface area contributed by atoms with Crippen LogP contribution in [-0.4, -0.2) is 24.5 Å². The fourth-order valence-corrected chi connectivity index (χ4v) is 1.68. The molecule has 0 aliphatic carbocycles. The van der Waals surface area contributed by atoms with Gasteiger partial charge < -0.3 is 0 Å². The third-order valence-electron chi connectivity index (χ3n) is 2.64. The summed E-state index contributed by atoms with van der Waals surface area (Å²) >= 11 is 0. The van der Waals surface area contributed by atoms with E-state index in [4.69, 9.17) is 0 Å². The van der Waals surface area contributed by atoms with Crippen LogP contribution in [-0.2, 0) is 0 Å². The Morgan fingerprint density at radius 2 is 2.22 bits per heavy atom. The van der Waals surface area contributed by atoms with Gasteiger partial charge in [0.2, 0.25) is 0 Å². The first-order chi connectivity index (χ1) is 8.74. The van der Waals surface area contributed by atoms with Gasteiger partial charge >= 0.3 is 0 Å². The fraction of sp³-hybridized carbons (Fsp3) is 0.400. The highest BCUT2D eigenvalue weighted by Crippen LogP contribution is 2.27. The van der Waals surface area contributed by atoms with Gasteiger partial charge in [0.1, 0.15) is 0 Å². The van der Waals surface area contributed by atoms with Crippen molar-refractivity contribution in [3.05, 3.63) is 29.6 Å². The van der Waals surface area contributed by atoms with Crippen molar-refractivity contribution in [1.82, 2.24) is 4.98 Å². The maximum atomic E-state index is 4.56. The quantitative estimate of drug-likeness (QED) is 0.720. The average molecular weight is 243 g/mol. The van der Waals surface area contributed by atoms with Crippen LogP contribution < -0.4 is 0 Å². The van der Waals surface area contributed by atoms with Gasteiger partial charge in [-0.15, -0.1) is 0 Å². The molecule has 0 saturated carbocycles. The summed E-state index contributed by atoms with van der Waals surface area (Å²) in [6.45, 7) is 6.13. The number of pyridine rings is 1. The summed E-state index contributed by atoms with van der Waals surface area (Å²) in [5.74, 6) is 0. The van der Waals surface area contributed by atoms with Crippen LogP contribution in [0.4, 0.5) is 5.69 Å². The van der Waals surface area contributed by atoms with E-state index >= 15 is 0 Å². The normalized spacial score (nSPS) is 12.8. The van der Waals surface area contributed by atoms with Crippen LogP contribution in [0.15, 0.2) is 28.3 Å². The Balaban J connectivity index is 3.22. The molecule has 0 aliphatic rings. The Morgan fingerprint density at radius 1 is 1.44 bits per heavy atom. The standard InChI is InChI=1S/C15H21N3/c1-5-7-9-18-15-12(3)17-10-8-14(15)13(6-2)11-16-4/h6,8-11H,5,7H2,1-4H3/b13-6+,16-11?,18-9?. The minimum atomic E-state index is 0.943. The topological polar surface area (TPSA) is 37.6 Å². The second-order valence-electron chi connectivity index (χ2n) is 4.02. The van der Waals surface area contributed by atoms with Crippen molar-refractivity contribution >= 4 is 23.7 Å². The molecule has 1 rings (SSSR count). The third-order valence-corrected chi connectivity index (χ3v) is 2.64. The molecule has 1 aromatic heterocycles. The molecule has 0 unspecified atom stereocenters. The number of unbranched alkanes of at least 4 members (excludes halogenated alkanes) is 1. The van der Waals surface area contributed by atoms with Crippen LogP contribution in [0.1, 0.15) is 37.9 Å². The van der Waals surface area contributed by atoms with Crippen LogP contribution in [0, 0.1) is 6.92 Å². The summed E-state index contributed by atoms with van der Waals surface area (Å²) < 4.78 is 0. The Kier molecular flexibility index (Phi) is 5.98. The van der Waals surface area contributed by atoms with Crippen LogP contribution in [0.25, 0.3) is 5.57 Å². The van der Waals surface area contributed by atoms with E-state index in [1.807, 2.05) is 44.6 Å². The van der Waals surface area contributed by atoms with Gasteiger partial charge in [-0.1, -0.05) is 19.4 Å². The summed E-state index contributed by atoms with van der Waals surface area (Å²) in [5.41, 5.74) is 4.05. The SMILES string of the molecule is C/C=C(\C=NC)c1ccnc(C)c1N=CCCC. The van der Waals surface area contributed by atoms with Crippen molar-refractivity contribution in [2.75, 3.05) is 7.05 Å². The van der Waals surface area contributed by atoms with Gasteiger partial charge in [0.05, 0.1) is 11.4 Å². The molecule has 0 N–H and O–H groups in total. The van der Waals surface area contributed by atoms with E-state index in [0.29, 0.717) is 0 Å². The predicted molar refractivity (Wildman–Crippen MR) is 80.1 cm³/mol. The zero-order valence-electron chi connectivity index (χ0n) is 11.6. The Morgan fingerprint density at radius 3 is 2.83 bits per heavy atom. The van der Waals surface area contributed by atoms with Gasteiger partial charge in [-0.3, -0.25) is 15.0 Å². The summed E-state index contributed by atoms with van der Waals surface area (Å²) in [5, 5.41) is 0. The lowest BCUT2D eigenvalue weighted by Crippen LogP contribution is -1.92. The van der Waals surface area contributed by atoms with Crippen LogP contribution in [0.5, 0.6) is 0 Å². The minimum absolute atomic E-state index is 0.943. The minimum Gasteiger partial charge on any atom is -0.296 e. The van der Waals surface area contributed by atoms with Crippen LogP contribution in [0.2, 0.25) is 0 Å². The fourth-order valence-electron chi connectivity index (χ4n) is 1.68. The number of aromatic nitrogens is 1. The Hall–Kier alpha value is -1.77. The second kappa shape index (κ2) is 7.54. The van der Waals surface area contributed by atoms with Gasteiger partial charge in [-0.05, 0) is 31.9 Å². The second-order valence-corrected chi connectivity index (χ2v) is 4.02. The Bertz CT molecular complexity index is 471. The average Bonchev–Trinajstić information content (AvgIpc) is 2.38. The largest absolute Gasteiger partial charge is 0.296 e. The van der Waals surface area contributed by atoms with Crippen molar-refractivity contribution in [3.63, 3.8) is 0 Å². The lowest BCUT2D eigenvalue weighted by atomic mass is 10.0. The lowest BCUT2D eigenvalue weighted by molar-refractivity contribution is 1.01. The highest BCUT2D eigenvalue weighted by Gasteiger charge is 2.07. The number of hydrogen-bond acceptors (Lipinski definition) is 3. The molecule has 0 atom stereocenters. The molecule has 0 spiro atoms. The van der Waals surface area contributed by atoms with E-state index < -0.39 is 0 Å². The van der Waals surface area contributed by atoms with Crippen molar-refractivity contribution in [1.29, 1.82) is 0 Å². The number of nitrogens with zero attached hydrogens (tertiary/aromatic N) is 3. The van der Waals surface area contributed by atoms with E-state index in [1.54, 1.807) is 7.05 Å². The molecule has 0 bridgehead atoms. The van der Waals surface area contributed by atoms with Gasteiger partial charge in [-0.25, -0.2) is 0 Å². The summed E-state index contributed by atoms with van der Waals surface area (Å²) in [6.07, 6.45) is 9.76. The van der Waals surface area contributed by atoms with E-state index in [9.17, 15) is 0 Å². The summed E-state index contributed by atoms with van der Waals surface area (Å²) in [4.78, 5) is 13.0. The van der Waals surface area contributed by atoms with E-state index in [1.165, 1.54) is 0 Å². The first kappa shape index (κ1) is 14.3. The molecular weight excluding hydrogens is 222 g/mol. The van der Waals surface area contributed by atoms with Crippen molar-refractivity contribution in [2.24, 2.45) is 9.98 Å². The summed E-state index contributed by atoms with van der Waals surface area (Å²) in [7, 11) is 1.78. The van der Waals surface area contributed by atoms with Crippen molar-refractivity contribution in [3.8, 4) is 0 Å². The van der Waals surface area contributed by atoms with Crippen LogP contribution >= 0.6 is 0 Å². The lowest BCUT2D eigenvalue weighted by Gasteiger charge is -2.08. The van der Waals surface area contributed by atoms with E-state index in [0.717, 1.165) is 35.4 Å². The Labute approximate surface area is 109 Å². The molecule has 0 aliphatic heterocycles. The molecule has 0 amide bonds. The zero-order valence-corrected chi connectivity index (χ0v) is 11.6. The zero-order chi connectivity index (χ0) is 13.4. The number of rotatable bonds is 5. The van der Waals surface area contributed by atoms with Crippen LogP contribution in [0.3, 0.4) is 0 Å². The maximum Gasteiger partial charge on any atom is 0.0916 e. The molecule has 18 heavy (non-hydrogen) atoms. The van der Waals surface area contributed by atoms with Crippen molar-refractivity contribution < 1.29 is 0 Å². The smallest absolute Gasteiger partial charge is 0.0916 e. The van der Waals surface area contributed by atoms with Gasteiger partial charge in [0.15, 0.2) is 0 Å². The number of hydrogen-bond donors (Lipinski definition) is 0. The monoisotopic (exact) mass is 243 g/mol. The third kappa shape index (κ3) is 3.62. The number of allylic oxidation sites excluding steroid dienone is 2. The van der Waals surface area contributed by atoms with Gasteiger partial charge in [0, 0.05) is 31.2 Å². The molecule has 3 heteroatoms. The van der Waals surface area contributed by atoms with E-state index in [2.05, 4.69) is 21.9 Å². The first-order valence-electron chi connectivity index (χ1n) is 6.31. The number of aliphatic imine (C=N–C) groups is 2. The molecule has 0 aromatic carbocycles. The highest BCUT2D eigenvalue weighted by molar-refractivity contribution is 6.11. The van der Waals surface area contributed by atoms with E-state index in [-0.39, 0.29) is 0 Å². The predicted octanol–water partition coefficient (Wildman–Crippen LogP) is 4.00. The van der Waals surface area contributed by atoms with Gasteiger partial charge in [-0.2, -0.15) is 0 Å². The molecular formula is C15H21N3. The van der Waals surface area contributed by atoms with Crippen molar-refractivity contribution in [2.45, 2.75) is 33.6 Å². The molecule has 96 valence electrons. The number of aryl methyl sites for hydroxylation is 1. The molecule has 1 heterocycles. The van der Waals surface area contributed by atoms with Gasteiger partial charge in [0.25, 0.3) is 0 Å². The molecule has 1 aromatic rings. The molecule has 0 radical (unpaired) electrons. The molecule has 0 saturated heterocycles.